The summed E-state index contributed by atoms with van der Waals surface area (Å²) in [5, 5.41) is 0. The monoisotopic (exact) mass is 274 g/mol. The highest BCUT2D eigenvalue weighted by atomic mass is 16.8. The molecular formula is C16H22N2O2. The fourth-order valence-corrected chi connectivity index (χ4v) is 3.45. The summed E-state index contributed by atoms with van der Waals surface area (Å²) < 4.78 is 11.9. The maximum atomic E-state index is 6.21. The third-order valence-electron chi connectivity index (χ3n) is 4.77. The van der Waals surface area contributed by atoms with E-state index < -0.39 is 0 Å². The fourth-order valence-electron chi connectivity index (χ4n) is 3.45. The lowest BCUT2D eigenvalue weighted by Crippen LogP contribution is -2.56. The zero-order valence-corrected chi connectivity index (χ0v) is 12.0. The van der Waals surface area contributed by atoms with Gasteiger partial charge in [0.25, 0.3) is 0 Å². The smallest absolute Gasteiger partial charge is 0.200 e. The predicted molar refractivity (Wildman–Crippen MR) is 76.1 cm³/mol. The summed E-state index contributed by atoms with van der Waals surface area (Å²) >= 11 is 0. The van der Waals surface area contributed by atoms with Crippen molar-refractivity contribution < 1.29 is 9.47 Å². The number of epoxide rings is 1. The van der Waals surface area contributed by atoms with Crippen molar-refractivity contribution in [3.63, 3.8) is 0 Å². The van der Waals surface area contributed by atoms with Gasteiger partial charge in [-0.15, -0.1) is 0 Å². The number of ether oxygens (including phenoxy) is 2. The molecule has 4 nitrogen and oxygen atoms in total. The van der Waals surface area contributed by atoms with Gasteiger partial charge in [0.1, 0.15) is 0 Å². The summed E-state index contributed by atoms with van der Waals surface area (Å²) in [4.78, 5) is 4.84. The molecule has 1 aromatic carbocycles. The number of hydrogen-bond acceptors (Lipinski definition) is 4. The fraction of sp³-hybridized carbons (Fsp3) is 0.625. The molecule has 2 unspecified atom stereocenters. The molecule has 1 spiro atoms. The van der Waals surface area contributed by atoms with Gasteiger partial charge in [0.05, 0.1) is 5.60 Å². The zero-order chi connectivity index (χ0) is 13.6. The topological polar surface area (TPSA) is 28.2 Å². The maximum Gasteiger partial charge on any atom is 0.200 e. The van der Waals surface area contributed by atoms with E-state index in [9.17, 15) is 0 Å². The zero-order valence-electron chi connectivity index (χ0n) is 12.0. The minimum Gasteiger partial charge on any atom is -0.341 e. The number of fused-ring (bicyclic) bond motifs is 1. The number of nitrogens with zero attached hydrogens (tertiary/aromatic N) is 2. The van der Waals surface area contributed by atoms with Crippen LogP contribution in [0.3, 0.4) is 0 Å². The first-order valence-corrected chi connectivity index (χ1v) is 7.54. The second-order valence-electron chi connectivity index (χ2n) is 6.39. The van der Waals surface area contributed by atoms with Crippen LogP contribution in [0.1, 0.15) is 18.4 Å². The van der Waals surface area contributed by atoms with Crippen LogP contribution in [0.4, 0.5) is 0 Å². The molecule has 3 saturated heterocycles. The molecule has 4 heteroatoms. The van der Waals surface area contributed by atoms with Crippen LogP contribution in [-0.4, -0.2) is 54.6 Å². The van der Waals surface area contributed by atoms with Crippen LogP contribution in [0.5, 0.6) is 0 Å². The van der Waals surface area contributed by atoms with Gasteiger partial charge in [-0.2, -0.15) is 0 Å². The van der Waals surface area contributed by atoms with E-state index >= 15 is 0 Å². The molecule has 3 aliphatic rings. The predicted octanol–water partition coefficient (Wildman–Crippen LogP) is 1.67. The number of piperidine rings is 1. The minimum atomic E-state index is 0.0101. The van der Waals surface area contributed by atoms with Gasteiger partial charge in [0.15, 0.2) is 12.5 Å². The van der Waals surface area contributed by atoms with E-state index in [0.717, 1.165) is 39.0 Å². The quantitative estimate of drug-likeness (QED) is 0.767. The second-order valence-corrected chi connectivity index (χ2v) is 6.39. The molecule has 3 fully saturated rings. The van der Waals surface area contributed by atoms with Crippen molar-refractivity contribution in [3.8, 4) is 0 Å². The Kier molecular flexibility index (Phi) is 3.07. The summed E-state index contributed by atoms with van der Waals surface area (Å²) in [6, 6.07) is 10.7. The molecule has 4 rings (SSSR count). The highest BCUT2D eigenvalue weighted by Gasteiger charge is 2.56. The molecule has 0 radical (unpaired) electrons. The molecular weight excluding hydrogens is 252 g/mol. The standard InChI is InChI=1S/C16H22N2O2/c1-17-9-7-16(8-10-17)12-18(14-15(19-14)20-16)11-13-5-3-2-4-6-13/h2-6,14-15H,7-12H2,1H3. The number of hydrogen-bond donors (Lipinski definition) is 0. The van der Waals surface area contributed by atoms with E-state index in [1.165, 1.54) is 5.56 Å². The maximum absolute atomic E-state index is 6.21. The van der Waals surface area contributed by atoms with Gasteiger partial charge >= 0.3 is 0 Å². The normalized spacial score (nSPS) is 33.0. The number of benzene rings is 1. The van der Waals surface area contributed by atoms with E-state index in [2.05, 4.69) is 47.2 Å². The van der Waals surface area contributed by atoms with E-state index in [1.54, 1.807) is 0 Å². The van der Waals surface area contributed by atoms with E-state index in [1.807, 2.05) is 0 Å². The van der Waals surface area contributed by atoms with Crippen molar-refractivity contribution in [1.29, 1.82) is 0 Å². The highest BCUT2D eigenvalue weighted by Crippen LogP contribution is 2.42. The van der Waals surface area contributed by atoms with Gasteiger partial charge in [-0.1, -0.05) is 30.3 Å². The molecule has 2 atom stereocenters. The molecule has 0 amide bonds. The lowest BCUT2D eigenvalue weighted by atomic mass is 9.89. The van der Waals surface area contributed by atoms with Crippen LogP contribution >= 0.6 is 0 Å². The van der Waals surface area contributed by atoms with E-state index in [0.29, 0.717) is 0 Å². The van der Waals surface area contributed by atoms with Crippen molar-refractivity contribution in [2.45, 2.75) is 37.5 Å². The van der Waals surface area contributed by atoms with Gasteiger partial charge in [-0.25, -0.2) is 0 Å². The molecule has 0 saturated carbocycles. The molecule has 20 heavy (non-hydrogen) atoms. The van der Waals surface area contributed by atoms with Gasteiger partial charge < -0.3 is 14.4 Å². The Morgan fingerprint density at radius 2 is 1.95 bits per heavy atom. The Balaban J connectivity index is 1.48. The van der Waals surface area contributed by atoms with Gasteiger partial charge in [-0.05, 0) is 25.5 Å². The highest BCUT2D eigenvalue weighted by molar-refractivity contribution is 5.15. The van der Waals surface area contributed by atoms with Crippen LogP contribution in [-0.2, 0) is 16.0 Å². The summed E-state index contributed by atoms with van der Waals surface area (Å²) in [5.74, 6) is 0. The molecule has 0 aliphatic carbocycles. The Morgan fingerprint density at radius 3 is 2.70 bits per heavy atom. The Bertz CT molecular complexity index is 471. The van der Waals surface area contributed by atoms with Gasteiger partial charge in [0.2, 0.25) is 0 Å². The van der Waals surface area contributed by atoms with Crippen LogP contribution in [0.15, 0.2) is 30.3 Å². The third-order valence-corrected chi connectivity index (χ3v) is 4.77. The van der Waals surface area contributed by atoms with Crippen molar-refractivity contribution in [1.82, 2.24) is 9.80 Å². The third kappa shape index (κ3) is 2.37. The summed E-state index contributed by atoms with van der Waals surface area (Å²) in [6.07, 6.45) is 2.42. The SMILES string of the molecule is CN1CCC2(CC1)CN(Cc1ccccc1)C1OC1O2. The minimum absolute atomic E-state index is 0.0101. The number of likely N-dealkylation sites (tertiary alicyclic amines) is 1. The number of rotatable bonds is 2. The van der Waals surface area contributed by atoms with Gasteiger partial charge in [0, 0.05) is 26.2 Å². The average molecular weight is 274 g/mol. The lowest BCUT2D eigenvalue weighted by molar-refractivity contribution is -0.148. The van der Waals surface area contributed by atoms with Crippen molar-refractivity contribution >= 4 is 0 Å². The molecule has 0 N–H and O–H groups in total. The molecule has 0 aromatic heterocycles. The van der Waals surface area contributed by atoms with Crippen molar-refractivity contribution in [3.05, 3.63) is 35.9 Å². The first kappa shape index (κ1) is 12.8. The Labute approximate surface area is 120 Å². The first-order chi connectivity index (χ1) is 9.74. The molecule has 0 bridgehead atoms. The van der Waals surface area contributed by atoms with E-state index in [-0.39, 0.29) is 18.1 Å². The largest absolute Gasteiger partial charge is 0.341 e. The van der Waals surface area contributed by atoms with Crippen LogP contribution in [0.25, 0.3) is 0 Å². The lowest BCUT2D eigenvalue weighted by Gasteiger charge is -2.44. The van der Waals surface area contributed by atoms with E-state index in [4.69, 9.17) is 9.47 Å². The summed E-state index contributed by atoms with van der Waals surface area (Å²) in [6.45, 7) is 4.20. The first-order valence-electron chi connectivity index (χ1n) is 7.54. The average Bonchev–Trinajstić information content (AvgIpc) is 3.23. The Morgan fingerprint density at radius 1 is 1.20 bits per heavy atom. The Hall–Kier alpha value is -0.940. The number of morpholine rings is 1. The van der Waals surface area contributed by atoms with Crippen LogP contribution in [0, 0.1) is 0 Å². The van der Waals surface area contributed by atoms with Crippen LogP contribution in [0.2, 0.25) is 0 Å². The van der Waals surface area contributed by atoms with Crippen molar-refractivity contribution in [2.75, 3.05) is 26.7 Å². The van der Waals surface area contributed by atoms with Gasteiger partial charge in [-0.3, -0.25) is 4.90 Å². The molecule has 3 heterocycles. The van der Waals surface area contributed by atoms with Crippen molar-refractivity contribution in [2.24, 2.45) is 0 Å². The summed E-state index contributed by atoms with van der Waals surface area (Å²) in [5.41, 5.74) is 1.37. The van der Waals surface area contributed by atoms with Crippen LogP contribution < -0.4 is 0 Å². The molecule has 1 aromatic rings. The molecule has 3 aliphatic heterocycles. The summed E-state index contributed by atoms with van der Waals surface area (Å²) in [7, 11) is 2.19. The second kappa shape index (κ2) is 4.81. The molecule has 108 valence electrons.